The van der Waals surface area contributed by atoms with E-state index in [0.717, 1.165) is 0 Å². The molecule has 0 unspecified atom stereocenters. The number of benzene rings is 1. The number of thioether (sulfide) groups is 1. The molecule has 0 saturated heterocycles. The molecule has 0 atom stereocenters. The molecule has 1 rings (SSSR count). The summed E-state index contributed by atoms with van der Waals surface area (Å²) in [5, 5.41) is 0. The smallest absolute Gasteiger partial charge is 0.160 e. The zero-order valence-corrected chi connectivity index (χ0v) is 7.39. The molecular weight excluding hydrogens is 205 g/mol. The summed E-state index contributed by atoms with van der Waals surface area (Å²) in [5.41, 5.74) is -4.23. The summed E-state index contributed by atoms with van der Waals surface area (Å²) in [5.74, 6) is 0. The zero-order chi connectivity index (χ0) is 9.19. The first kappa shape index (κ1) is 9.67. The molecule has 0 aliphatic heterocycles. The van der Waals surface area contributed by atoms with Gasteiger partial charge >= 0.3 is 5.51 Å². The van der Waals surface area contributed by atoms with Gasteiger partial charge in [-0.2, -0.15) is 13.2 Å². The third-order valence-electron chi connectivity index (χ3n) is 1.04. The van der Waals surface area contributed by atoms with Crippen LogP contribution in [0.2, 0.25) is 0 Å². The molecule has 0 bridgehead atoms. The van der Waals surface area contributed by atoms with Crippen LogP contribution in [0.5, 0.6) is 0 Å². The van der Waals surface area contributed by atoms with Crippen molar-refractivity contribution < 1.29 is 13.2 Å². The van der Waals surface area contributed by atoms with E-state index in [1.165, 1.54) is 18.2 Å². The molecule has 0 aromatic heterocycles. The van der Waals surface area contributed by atoms with Crippen molar-refractivity contribution >= 4 is 24.4 Å². The lowest BCUT2D eigenvalue weighted by Crippen LogP contribution is -1.98. The number of halogens is 3. The fraction of sp³-hybridized carbons (Fsp3) is 0.143. The number of hydrogen-bond donors (Lipinski definition) is 0. The average molecular weight is 209 g/mol. The van der Waals surface area contributed by atoms with E-state index in [-0.39, 0.29) is 16.7 Å². The van der Waals surface area contributed by atoms with E-state index in [1.807, 2.05) is 0 Å². The molecule has 1 aromatic rings. The number of alkyl halides is 3. The van der Waals surface area contributed by atoms with E-state index < -0.39 is 5.51 Å². The lowest BCUT2D eigenvalue weighted by atomic mass is 10.4. The maximum atomic E-state index is 11.8. The Morgan fingerprint density at radius 1 is 1.25 bits per heavy atom. The highest BCUT2D eigenvalue weighted by atomic mass is 32.2. The van der Waals surface area contributed by atoms with Gasteiger partial charge in [-0.15, -0.1) is 0 Å². The maximum Gasteiger partial charge on any atom is 0.446 e. The van der Waals surface area contributed by atoms with Gasteiger partial charge in [0.05, 0.1) is 0 Å². The molecule has 5 heteroatoms. The van der Waals surface area contributed by atoms with Gasteiger partial charge in [0.1, 0.15) is 0 Å². The fourth-order valence-corrected chi connectivity index (χ4v) is 1.55. The van der Waals surface area contributed by atoms with Gasteiger partial charge in [0, 0.05) is 9.79 Å². The molecule has 0 amide bonds. The molecule has 1 radical (unpaired) electrons. The molecular formula is C7H4F3S2. The van der Waals surface area contributed by atoms with Crippen molar-refractivity contribution in [2.75, 3.05) is 0 Å². The van der Waals surface area contributed by atoms with Gasteiger partial charge in [0.15, 0.2) is 0 Å². The van der Waals surface area contributed by atoms with Crippen molar-refractivity contribution in [3.8, 4) is 0 Å². The van der Waals surface area contributed by atoms with Gasteiger partial charge in [-0.05, 0) is 30.0 Å². The quantitative estimate of drug-likeness (QED) is 0.633. The molecule has 65 valence electrons. The van der Waals surface area contributed by atoms with Crippen molar-refractivity contribution in [1.82, 2.24) is 0 Å². The summed E-state index contributed by atoms with van der Waals surface area (Å²) in [7, 11) is 0. The van der Waals surface area contributed by atoms with Crippen LogP contribution >= 0.6 is 24.4 Å². The van der Waals surface area contributed by atoms with Crippen molar-refractivity contribution in [3.63, 3.8) is 0 Å². The van der Waals surface area contributed by atoms with E-state index in [4.69, 9.17) is 12.6 Å². The highest BCUT2D eigenvalue weighted by Crippen LogP contribution is 2.37. The molecule has 0 heterocycles. The van der Waals surface area contributed by atoms with Crippen LogP contribution in [0.4, 0.5) is 13.2 Å². The Balaban J connectivity index is 2.77. The lowest BCUT2D eigenvalue weighted by Gasteiger charge is -2.04. The Bertz CT molecular complexity index is 270. The topological polar surface area (TPSA) is 0 Å². The van der Waals surface area contributed by atoms with Gasteiger partial charge in [-0.3, -0.25) is 0 Å². The first-order valence-corrected chi connectivity index (χ1v) is 4.23. The van der Waals surface area contributed by atoms with Crippen LogP contribution in [0, 0.1) is 0 Å². The van der Waals surface area contributed by atoms with Crippen LogP contribution in [0.3, 0.4) is 0 Å². The van der Waals surface area contributed by atoms with Crippen molar-refractivity contribution in [2.45, 2.75) is 15.3 Å². The highest BCUT2D eigenvalue weighted by Gasteiger charge is 2.29. The van der Waals surface area contributed by atoms with Gasteiger partial charge < -0.3 is 0 Å². The second-order valence-corrected chi connectivity index (χ2v) is 3.63. The highest BCUT2D eigenvalue weighted by molar-refractivity contribution is 8.00. The molecule has 0 N–H and O–H groups in total. The largest absolute Gasteiger partial charge is 0.446 e. The molecule has 1 aromatic carbocycles. The van der Waals surface area contributed by atoms with E-state index in [0.29, 0.717) is 4.90 Å². The second kappa shape index (κ2) is 3.53. The summed E-state index contributed by atoms with van der Waals surface area (Å²) in [6.45, 7) is 0. The summed E-state index contributed by atoms with van der Waals surface area (Å²) in [6.07, 6.45) is 0. The molecule has 0 fully saturated rings. The van der Waals surface area contributed by atoms with Gasteiger partial charge in [0.25, 0.3) is 0 Å². The maximum absolute atomic E-state index is 11.8. The fourth-order valence-electron chi connectivity index (χ4n) is 0.671. The summed E-state index contributed by atoms with van der Waals surface area (Å²) < 4.78 is 35.4. The third-order valence-corrected chi connectivity index (χ3v) is 2.01. The molecule has 12 heavy (non-hydrogen) atoms. The standard InChI is InChI=1S/C7H4F3S2/c8-7(9,10)12-6-3-1-2-5(11)4-6/h1-4H. The van der Waals surface area contributed by atoms with Crippen LogP contribution in [-0.4, -0.2) is 5.51 Å². The second-order valence-electron chi connectivity index (χ2n) is 2.02. The Labute approximate surface area is 77.6 Å². The van der Waals surface area contributed by atoms with Crippen LogP contribution in [0.25, 0.3) is 0 Å². The number of rotatable bonds is 1. The summed E-state index contributed by atoms with van der Waals surface area (Å²) in [4.78, 5) is 0.555. The molecule has 0 nitrogen and oxygen atoms in total. The minimum Gasteiger partial charge on any atom is -0.160 e. The van der Waals surface area contributed by atoms with E-state index in [1.54, 1.807) is 6.07 Å². The van der Waals surface area contributed by atoms with Gasteiger partial charge in [-0.25, -0.2) is 0 Å². The zero-order valence-electron chi connectivity index (χ0n) is 5.76. The SMILES string of the molecule is FC(F)(F)Sc1cccc([S])c1. The van der Waals surface area contributed by atoms with Crippen molar-refractivity contribution in [3.05, 3.63) is 24.3 Å². The Kier molecular flexibility index (Phi) is 2.85. The van der Waals surface area contributed by atoms with Crippen molar-refractivity contribution in [2.24, 2.45) is 0 Å². The van der Waals surface area contributed by atoms with Crippen LogP contribution < -0.4 is 0 Å². The van der Waals surface area contributed by atoms with E-state index in [2.05, 4.69) is 0 Å². The lowest BCUT2D eigenvalue weighted by molar-refractivity contribution is -0.0328. The molecule has 0 spiro atoms. The summed E-state index contributed by atoms with van der Waals surface area (Å²) >= 11 is 4.56. The summed E-state index contributed by atoms with van der Waals surface area (Å²) in [6, 6.07) is 5.80. The van der Waals surface area contributed by atoms with Crippen LogP contribution in [0.1, 0.15) is 0 Å². The predicted molar refractivity (Wildman–Crippen MR) is 44.2 cm³/mol. The van der Waals surface area contributed by atoms with E-state index in [9.17, 15) is 13.2 Å². The minimum atomic E-state index is -4.23. The Morgan fingerprint density at radius 2 is 1.92 bits per heavy atom. The molecule has 0 saturated carbocycles. The monoisotopic (exact) mass is 209 g/mol. The van der Waals surface area contributed by atoms with Crippen LogP contribution in [0.15, 0.2) is 34.1 Å². The minimum absolute atomic E-state index is 0.134. The predicted octanol–water partition coefficient (Wildman–Crippen LogP) is 3.85. The first-order chi connectivity index (χ1) is 5.47. The Morgan fingerprint density at radius 3 is 2.42 bits per heavy atom. The van der Waals surface area contributed by atoms with Crippen LogP contribution in [-0.2, 0) is 0 Å². The molecule has 0 aliphatic rings. The third kappa shape index (κ3) is 3.32. The average Bonchev–Trinajstić information content (AvgIpc) is 1.82. The normalized spacial score (nSPS) is 11.6. The van der Waals surface area contributed by atoms with Crippen molar-refractivity contribution in [1.29, 1.82) is 0 Å². The molecule has 0 aliphatic carbocycles. The van der Waals surface area contributed by atoms with Gasteiger partial charge in [-0.1, -0.05) is 18.7 Å². The van der Waals surface area contributed by atoms with Gasteiger partial charge in [0.2, 0.25) is 0 Å². The number of hydrogen-bond acceptors (Lipinski definition) is 1. The Hall–Kier alpha value is -0.420. The van der Waals surface area contributed by atoms with E-state index >= 15 is 0 Å². The first-order valence-electron chi connectivity index (χ1n) is 3.00.